The Labute approximate surface area is 149 Å². The first-order chi connectivity index (χ1) is 12.5. The number of fused-ring (bicyclic) bond motifs is 1. The summed E-state index contributed by atoms with van der Waals surface area (Å²) in [5.41, 5.74) is 3.68. The molecule has 0 amide bonds. The van der Waals surface area contributed by atoms with E-state index in [1.807, 2.05) is 51.2 Å². The van der Waals surface area contributed by atoms with E-state index in [1.165, 1.54) is 0 Å². The predicted octanol–water partition coefficient (Wildman–Crippen LogP) is 2.54. The standard InChI is InChI=1S/C18H17N7O/c1-10-7-16(20-12(3)19-10)21-17-9-14-8-13(4-5-25(14)24-17)15-6-11(2)22-23-18(15)26/h4-9H,1-3H3,(H,23,26)(H,19,20,21,24). The quantitative estimate of drug-likeness (QED) is 0.591. The van der Waals surface area contributed by atoms with Gasteiger partial charge in [-0.1, -0.05) is 0 Å². The smallest absolute Gasteiger partial charge is 0.272 e. The zero-order chi connectivity index (χ0) is 18.3. The van der Waals surface area contributed by atoms with Crippen LogP contribution in [0.4, 0.5) is 11.6 Å². The lowest BCUT2D eigenvalue weighted by Crippen LogP contribution is -2.11. The second-order valence-electron chi connectivity index (χ2n) is 6.13. The molecule has 4 aromatic rings. The number of aryl methyl sites for hydroxylation is 3. The maximum absolute atomic E-state index is 12.1. The Morgan fingerprint density at radius 3 is 2.65 bits per heavy atom. The molecule has 0 bridgehead atoms. The molecule has 0 saturated carbocycles. The van der Waals surface area contributed by atoms with Gasteiger partial charge in [0.1, 0.15) is 11.6 Å². The zero-order valence-electron chi connectivity index (χ0n) is 14.6. The van der Waals surface area contributed by atoms with Crippen molar-refractivity contribution >= 4 is 17.2 Å². The molecule has 8 heteroatoms. The monoisotopic (exact) mass is 347 g/mol. The number of anilines is 2. The minimum absolute atomic E-state index is 0.218. The van der Waals surface area contributed by atoms with Crippen LogP contribution in [0.1, 0.15) is 17.2 Å². The number of aromatic nitrogens is 6. The summed E-state index contributed by atoms with van der Waals surface area (Å²) in [6.45, 7) is 5.61. The highest BCUT2D eigenvalue weighted by atomic mass is 16.1. The fourth-order valence-electron chi connectivity index (χ4n) is 2.86. The molecule has 4 aromatic heterocycles. The summed E-state index contributed by atoms with van der Waals surface area (Å²) in [4.78, 5) is 20.7. The van der Waals surface area contributed by atoms with Crippen molar-refractivity contribution in [2.75, 3.05) is 5.32 Å². The molecule has 0 atom stereocenters. The van der Waals surface area contributed by atoms with Gasteiger partial charge in [0.05, 0.1) is 16.8 Å². The topological polar surface area (TPSA) is 101 Å². The first-order valence-electron chi connectivity index (χ1n) is 8.13. The molecule has 0 saturated heterocycles. The highest BCUT2D eigenvalue weighted by Gasteiger charge is 2.08. The van der Waals surface area contributed by atoms with E-state index in [2.05, 4.69) is 30.6 Å². The number of H-pyrrole nitrogens is 1. The van der Waals surface area contributed by atoms with Crippen LogP contribution in [0.2, 0.25) is 0 Å². The Bertz CT molecular complexity index is 1160. The number of rotatable bonds is 3. The van der Waals surface area contributed by atoms with E-state index in [9.17, 15) is 4.79 Å². The van der Waals surface area contributed by atoms with E-state index in [-0.39, 0.29) is 5.56 Å². The lowest BCUT2D eigenvalue weighted by atomic mass is 10.1. The molecular formula is C18H17N7O. The highest BCUT2D eigenvalue weighted by molar-refractivity contribution is 5.70. The number of hydrogen-bond donors (Lipinski definition) is 2. The van der Waals surface area contributed by atoms with E-state index >= 15 is 0 Å². The molecule has 0 unspecified atom stereocenters. The largest absolute Gasteiger partial charge is 0.323 e. The van der Waals surface area contributed by atoms with Crippen LogP contribution in [0.3, 0.4) is 0 Å². The summed E-state index contributed by atoms with van der Waals surface area (Å²) in [5.74, 6) is 2.06. The first kappa shape index (κ1) is 15.9. The molecule has 0 spiro atoms. The van der Waals surface area contributed by atoms with Crippen LogP contribution in [-0.4, -0.2) is 29.8 Å². The number of aromatic amines is 1. The maximum Gasteiger partial charge on any atom is 0.272 e. The normalized spacial score (nSPS) is 11.0. The van der Waals surface area contributed by atoms with Crippen LogP contribution in [0, 0.1) is 20.8 Å². The Morgan fingerprint density at radius 1 is 1.00 bits per heavy atom. The van der Waals surface area contributed by atoms with Crippen LogP contribution >= 0.6 is 0 Å². The molecule has 0 aliphatic heterocycles. The summed E-state index contributed by atoms with van der Waals surface area (Å²) in [6.07, 6.45) is 1.82. The molecule has 0 aromatic carbocycles. The van der Waals surface area contributed by atoms with E-state index in [0.29, 0.717) is 23.0 Å². The fraction of sp³-hybridized carbons (Fsp3) is 0.167. The molecule has 8 nitrogen and oxygen atoms in total. The first-order valence-corrected chi connectivity index (χ1v) is 8.13. The van der Waals surface area contributed by atoms with E-state index in [0.717, 1.165) is 22.5 Å². The Hall–Kier alpha value is -3.55. The van der Waals surface area contributed by atoms with Crippen molar-refractivity contribution < 1.29 is 0 Å². The third-order valence-corrected chi connectivity index (χ3v) is 3.93. The molecular weight excluding hydrogens is 330 g/mol. The highest BCUT2D eigenvalue weighted by Crippen LogP contribution is 2.21. The van der Waals surface area contributed by atoms with Gasteiger partial charge in [0.2, 0.25) is 0 Å². The van der Waals surface area contributed by atoms with E-state index in [1.54, 1.807) is 10.6 Å². The molecule has 130 valence electrons. The molecule has 2 N–H and O–H groups in total. The van der Waals surface area contributed by atoms with E-state index < -0.39 is 0 Å². The minimum atomic E-state index is -0.218. The van der Waals surface area contributed by atoms with Crippen LogP contribution < -0.4 is 10.9 Å². The summed E-state index contributed by atoms with van der Waals surface area (Å²) < 4.78 is 1.75. The van der Waals surface area contributed by atoms with Gasteiger partial charge in [-0.2, -0.15) is 10.2 Å². The van der Waals surface area contributed by atoms with Gasteiger partial charge in [0.15, 0.2) is 5.82 Å². The number of pyridine rings is 1. The number of nitrogens with one attached hydrogen (secondary N) is 2. The van der Waals surface area contributed by atoms with Gasteiger partial charge in [-0.15, -0.1) is 0 Å². The molecule has 4 heterocycles. The SMILES string of the molecule is Cc1cc(-c2ccn3nc(Nc4cc(C)nc(C)n4)cc3c2)c(=O)[nH]n1. The molecule has 26 heavy (non-hydrogen) atoms. The Kier molecular flexibility index (Phi) is 3.72. The van der Waals surface area contributed by atoms with Crippen LogP contribution in [0.25, 0.3) is 16.6 Å². The lowest BCUT2D eigenvalue weighted by molar-refractivity contribution is 0.945. The maximum atomic E-state index is 12.1. The Balaban J connectivity index is 1.72. The second kappa shape index (κ2) is 6.07. The van der Waals surface area contributed by atoms with Gasteiger partial charge in [-0.05, 0) is 44.5 Å². The van der Waals surface area contributed by atoms with Gasteiger partial charge in [-0.3, -0.25) is 4.79 Å². The van der Waals surface area contributed by atoms with Crippen molar-refractivity contribution in [2.24, 2.45) is 0 Å². The van der Waals surface area contributed by atoms with Gasteiger partial charge < -0.3 is 5.32 Å². The van der Waals surface area contributed by atoms with Crippen molar-refractivity contribution in [3.05, 3.63) is 64.1 Å². The third kappa shape index (κ3) is 3.04. The lowest BCUT2D eigenvalue weighted by Gasteiger charge is -2.03. The zero-order valence-corrected chi connectivity index (χ0v) is 14.6. The van der Waals surface area contributed by atoms with Crippen molar-refractivity contribution in [1.29, 1.82) is 0 Å². The number of nitrogens with zero attached hydrogens (tertiary/aromatic N) is 5. The average Bonchev–Trinajstić information content (AvgIpc) is 2.97. The Morgan fingerprint density at radius 2 is 1.85 bits per heavy atom. The van der Waals surface area contributed by atoms with Crippen LogP contribution in [-0.2, 0) is 0 Å². The van der Waals surface area contributed by atoms with Crippen LogP contribution in [0.5, 0.6) is 0 Å². The summed E-state index contributed by atoms with van der Waals surface area (Å²) >= 11 is 0. The summed E-state index contributed by atoms with van der Waals surface area (Å²) in [7, 11) is 0. The van der Waals surface area contributed by atoms with Crippen molar-refractivity contribution in [2.45, 2.75) is 20.8 Å². The molecule has 0 aliphatic carbocycles. The van der Waals surface area contributed by atoms with E-state index in [4.69, 9.17) is 0 Å². The minimum Gasteiger partial charge on any atom is -0.323 e. The number of hydrogen-bond acceptors (Lipinski definition) is 6. The average molecular weight is 347 g/mol. The van der Waals surface area contributed by atoms with Crippen LogP contribution in [0.15, 0.2) is 41.3 Å². The molecule has 0 fully saturated rings. The van der Waals surface area contributed by atoms with Gasteiger partial charge >= 0.3 is 0 Å². The molecule has 4 rings (SSSR count). The summed E-state index contributed by atoms with van der Waals surface area (Å²) in [6, 6.07) is 9.30. The predicted molar refractivity (Wildman–Crippen MR) is 98.6 cm³/mol. The fourth-order valence-corrected chi connectivity index (χ4v) is 2.86. The van der Waals surface area contributed by atoms with Gasteiger partial charge in [0, 0.05) is 24.0 Å². The van der Waals surface area contributed by atoms with Crippen molar-refractivity contribution in [3.63, 3.8) is 0 Å². The van der Waals surface area contributed by atoms with Crippen molar-refractivity contribution in [3.8, 4) is 11.1 Å². The van der Waals surface area contributed by atoms with Crippen molar-refractivity contribution in [1.82, 2.24) is 29.8 Å². The third-order valence-electron chi connectivity index (χ3n) is 3.93. The summed E-state index contributed by atoms with van der Waals surface area (Å²) in [5, 5.41) is 14.1. The molecule has 0 radical (unpaired) electrons. The second-order valence-corrected chi connectivity index (χ2v) is 6.13. The van der Waals surface area contributed by atoms with Gasteiger partial charge in [0.25, 0.3) is 5.56 Å². The van der Waals surface area contributed by atoms with Gasteiger partial charge in [-0.25, -0.2) is 19.6 Å². The molecule has 0 aliphatic rings.